The molecule has 22 heavy (non-hydrogen) atoms. The first-order valence-electron chi connectivity index (χ1n) is 8.99. The first kappa shape index (κ1) is 15.8. The number of carbonyl (C=O) groups is 2. The lowest BCUT2D eigenvalue weighted by Crippen LogP contribution is -2.62. The van der Waals surface area contributed by atoms with Crippen LogP contribution in [-0.2, 0) is 9.59 Å². The Morgan fingerprint density at radius 1 is 1.05 bits per heavy atom. The average molecular weight is 307 g/mol. The van der Waals surface area contributed by atoms with Crippen molar-refractivity contribution >= 4 is 11.8 Å². The molecule has 0 spiro atoms. The Bertz CT molecular complexity index is 426. The normalized spacial score (nSPS) is 26.0. The van der Waals surface area contributed by atoms with Crippen molar-refractivity contribution in [2.75, 3.05) is 39.3 Å². The highest BCUT2D eigenvalue weighted by molar-refractivity contribution is 5.91. The van der Waals surface area contributed by atoms with Gasteiger partial charge in [0.1, 0.15) is 5.54 Å². The molecule has 0 aromatic heterocycles. The predicted molar refractivity (Wildman–Crippen MR) is 85.5 cm³/mol. The van der Waals surface area contributed by atoms with Crippen LogP contribution in [0.4, 0.5) is 0 Å². The van der Waals surface area contributed by atoms with E-state index >= 15 is 0 Å². The minimum atomic E-state index is -0.288. The van der Waals surface area contributed by atoms with Gasteiger partial charge in [0.25, 0.3) is 0 Å². The van der Waals surface area contributed by atoms with E-state index in [0.29, 0.717) is 13.1 Å². The van der Waals surface area contributed by atoms with Crippen LogP contribution in [0.3, 0.4) is 0 Å². The second kappa shape index (κ2) is 6.57. The van der Waals surface area contributed by atoms with Gasteiger partial charge >= 0.3 is 0 Å². The van der Waals surface area contributed by atoms with Gasteiger partial charge < -0.3 is 9.80 Å². The van der Waals surface area contributed by atoms with Gasteiger partial charge in [0.2, 0.25) is 11.8 Å². The van der Waals surface area contributed by atoms with Crippen LogP contribution < -0.4 is 0 Å². The third-order valence-electron chi connectivity index (χ3n) is 5.64. The molecule has 1 saturated carbocycles. The second-order valence-corrected chi connectivity index (χ2v) is 7.04. The van der Waals surface area contributed by atoms with Gasteiger partial charge in [-0.3, -0.25) is 14.5 Å². The van der Waals surface area contributed by atoms with E-state index in [-0.39, 0.29) is 23.9 Å². The molecule has 0 atom stereocenters. The Labute approximate surface area is 133 Å². The Morgan fingerprint density at radius 2 is 1.73 bits per heavy atom. The van der Waals surface area contributed by atoms with Crippen LogP contribution in [0.25, 0.3) is 0 Å². The molecule has 0 N–H and O–H groups in total. The van der Waals surface area contributed by atoms with Gasteiger partial charge in [-0.2, -0.15) is 0 Å². The summed E-state index contributed by atoms with van der Waals surface area (Å²) < 4.78 is 0. The molecule has 3 fully saturated rings. The average Bonchev–Trinajstić information content (AvgIpc) is 3.20. The lowest BCUT2D eigenvalue weighted by atomic mass is 9.92. The summed E-state index contributed by atoms with van der Waals surface area (Å²) in [5.41, 5.74) is -0.288. The van der Waals surface area contributed by atoms with Crippen LogP contribution in [0.5, 0.6) is 0 Å². The van der Waals surface area contributed by atoms with Crippen molar-refractivity contribution in [3.8, 4) is 0 Å². The molecular formula is C17H29N3O2. The molecule has 2 saturated heterocycles. The first-order chi connectivity index (χ1) is 10.7. The molecule has 124 valence electrons. The van der Waals surface area contributed by atoms with E-state index in [1.165, 1.54) is 12.8 Å². The minimum absolute atomic E-state index is 0.121. The molecule has 0 bridgehead atoms. The maximum absolute atomic E-state index is 13.2. The zero-order chi connectivity index (χ0) is 15.6. The summed E-state index contributed by atoms with van der Waals surface area (Å²) in [7, 11) is 0. The molecule has 1 aliphatic carbocycles. The van der Waals surface area contributed by atoms with Gasteiger partial charge in [-0.05, 0) is 45.2 Å². The van der Waals surface area contributed by atoms with Gasteiger partial charge in [-0.15, -0.1) is 0 Å². The van der Waals surface area contributed by atoms with Crippen LogP contribution >= 0.6 is 0 Å². The standard InChI is InChI=1S/C17H29N3O2/c1-2-9-18-12-13-19(14-15(18)21)16(22)17(7-3-4-8-17)20-10-5-6-11-20/h2-14H2,1H3. The van der Waals surface area contributed by atoms with Crippen LogP contribution in [-0.4, -0.2) is 71.3 Å². The van der Waals surface area contributed by atoms with Crippen molar-refractivity contribution in [1.82, 2.24) is 14.7 Å². The summed E-state index contributed by atoms with van der Waals surface area (Å²) in [6.07, 6.45) is 7.65. The fraction of sp³-hybridized carbons (Fsp3) is 0.882. The van der Waals surface area contributed by atoms with Crippen molar-refractivity contribution in [1.29, 1.82) is 0 Å². The van der Waals surface area contributed by atoms with Crippen LogP contribution in [0.15, 0.2) is 0 Å². The van der Waals surface area contributed by atoms with Gasteiger partial charge in [0, 0.05) is 19.6 Å². The molecule has 0 radical (unpaired) electrons. The fourth-order valence-electron chi connectivity index (χ4n) is 4.45. The SMILES string of the molecule is CCCN1CCN(C(=O)C2(N3CCCC3)CCCC2)CC1=O. The van der Waals surface area contributed by atoms with E-state index in [2.05, 4.69) is 11.8 Å². The predicted octanol–water partition coefficient (Wildman–Crippen LogP) is 1.48. The largest absolute Gasteiger partial charge is 0.339 e. The summed E-state index contributed by atoms with van der Waals surface area (Å²) in [6.45, 7) is 6.71. The zero-order valence-corrected chi connectivity index (χ0v) is 13.9. The summed E-state index contributed by atoms with van der Waals surface area (Å²) in [4.78, 5) is 31.7. The molecule has 5 heteroatoms. The summed E-state index contributed by atoms with van der Waals surface area (Å²) >= 11 is 0. The summed E-state index contributed by atoms with van der Waals surface area (Å²) in [6, 6.07) is 0. The molecule has 0 aromatic rings. The summed E-state index contributed by atoms with van der Waals surface area (Å²) in [5, 5.41) is 0. The maximum Gasteiger partial charge on any atom is 0.243 e. The van der Waals surface area contributed by atoms with E-state index in [1.807, 2.05) is 9.80 Å². The number of piperazine rings is 1. The second-order valence-electron chi connectivity index (χ2n) is 7.04. The topological polar surface area (TPSA) is 43.9 Å². The minimum Gasteiger partial charge on any atom is -0.339 e. The van der Waals surface area contributed by atoms with Crippen molar-refractivity contribution in [2.24, 2.45) is 0 Å². The number of rotatable bonds is 4. The molecule has 0 aromatic carbocycles. The Balaban J connectivity index is 1.70. The number of amides is 2. The molecular weight excluding hydrogens is 278 g/mol. The van der Waals surface area contributed by atoms with Gasteiger partial charge in [-0.1, -0.05) is 19.8 Å². The third kappa shape index (κ3) is 2.75. The highest BCUT2D eigenvalue weighted by atomic mass is 16.2. The summed E-state index contributed by atoms with van der Waals surface area (Å²) in [5.74, 6) is 0.354. The maximum atomic E-state index is 13.2. The molecule has 2 heterocycles. The molecule has 5 nitrogen and oxygen atoms in total. The molecule has 3 rings (SSSR count). The van der Waals surface area contributed by atoms with Crippen molar-refractivity contribution in [2.45, 2.75) is 57.4 Å². The molecule has 2 amide bonds. The van der Waals surface area contributed by atoms with Crippen LogP contribution in [0.2, 0.25) is 0 Å². The Hall–Kier alpha value is -1.10. The number of likely N-dealkylation sites (tertiary alicyclic amines) is 1. The molecule has 2 aliphatic heterocycles. The highest BCUT2D eigenvalue weighted by Gasteiger charge is 2.49. The van der Waals surface area contributed by atoms with Crippen LogP contribution in [0.1, 0.15) is 51.9 Å². The monoisotopic (exact) mass is 307 g/mol. The lowest BCUT2D eigenvalue weighted by molar-refractivity contribution is -0.153. The zero-order valence-electron chi connectivity index (χ0n) is 13.9. The van der Waals surface area contributed by atoms with E-state index < -0.39 is 0 Å². The van der Waals surface area contributed by atoms with Gasteiger partial charge in [0.15, 0.2) is 0 Å². The Morgan fingerprint density at radius 3 is 2.32 bits per heavy atom. The number of hydrogen-bond donors (Lipinski definition) is 0. The quantitative estimate of drug-likeness (QED) is 0.790. The number of nitrogens with zero attached hydrogens (tertiary/aromatic N) is 3. The van der Waals surface area contributed by atoms with E-state index in [4.69, 9.17) is 0 Å². The van der Waals surface area contributed by atoms with Gasteiger partial charge in [0.05, 0.1) is 6.54 Å². The Kier molecular flexibility index (Phi) is 4.71. The van der Waals surface area contributed by atoms with E-state index in [0.717, 1.165) is 51.7 Å². The van der Waals surface area contributed by atoms with E-state index in [1.54, 1.807) is 0 Å². The highest BCUT2D eigenvalue weighted by Crippen LogP contribution is 2.39. The molecule has 0 unspecified atom stereocenters. The smallest absolute Gasteiger partial charge is 0.243 e. The third-order valence-corrected chi connectivity index (χ3v) is 5.64. The number of carbonyl (C=O) groups excluding carboxylic acids is 2. The van der Waals surface area contributed by atoms with Gasteiger partial charge in [-0.25, -0.2) is 0 Å². The number of hydrogen-bond acceptors (Lipinski definition) is 3. The van der Waals surface area contributed by atoms with Crippen molar-refractivity contribution < 1.29 is 9.59 Å². The fourth-order valence-corrected chi connectivity index (χ4v) is 4.45. The van der Waals surface area contributed by atoms with Crippen molar-refractivity contribution in [3.63, 3.8) is 0 Å². The van der Waals surface area contributed by atoms with Crippen LogP contribution in [0, 0.1) is 0 Å². The lowest BCUT2D eigenvalue weighted by Gasteiger charge is -2.43. The van der Waals surface area contributed by atoms with Crippen molar-refractivity contribution in [3.05, 3.63) is 0 Å². The first-order valence-corrected chi connectivity index (χ1v) is 8.99. The van der Waals surface area contributed by atoms with E-state index in [9.17, 15) is 9.59 Å². The molecule has 3 aliphatic rings.